The minimum Gasteiger partial charge on any atom is -0.481 e. The molecule has 1 aromatic carbocycles. The van der Waals surface area contributed by atoms with Gasteiger partial charge in [-0.05, 0) is 24.3 Å². The first-order valence-corrected chi connectivity index (χ1v) is 6.83. The Balaban J connectivity index is 2.06. The number of rotatable bonds is 4. The lowest BCUT2D eigenvalue weighted by molar-refractivity contribution is -0.162. The highest BCUT2D eigenvalue weighted by molar-refractivity contribution is 5.83. The Morgan fingerprint density at radius 1 is 1.09 bits per heavy atom. The van der Waals surface area contributed by atoms with Crippen molar-refractivity contribution in [3.05, 3.63) is 71.2 Å². The molecule has 1 fully saturated rings. The topological polar surface area (TPSA) is 74.6 Å². The molecule has 0 saturated heterocycles. The van der Waals surface area contributed by atoms with Gasteiger partial charge in [-0.15, -0.1) is 0 Å². The fourth-order valence-electron chi connectivity index (χ4n) is 3.26. The summed E-state index contributed by atoms with van der Waals surface area (Å²) in [5.74, 6) is -4.90. The summed E-state index contributed by atoms with van der Waals surface area (Å²) in [6, 6.07) is 10.7. The third-order valence-electron chi connectivity index (χ3n) is 4.18. The van der Waals surface area contributed by atoms with Crippen LogP contribution in [-0.2, 0) is 9.59 Å². The Labute approximate surface area is 127 Å². The van der Waals surface area contributed by atoms with Gasteiger partial charge in [-0.2, -0.15) is 0 Å². The highest BCUT2D eigenvalue weighted by atomic mass is 16.4. The summed E-state index contributed by atoms with van der Waals surface area (Å²) < 4.78 is 0. The van der Waals surface area contributed by atoms with Gasteiger partial charge in [-0.1, -0.05) is 35.7 Å². The van der Waals surface area contributed by atoms with Crippen LogP contribution in [0.5, 0.6) is 0 Å². The molecule has 4 heteroatoms. The molecule has 22 heavy (non-hydrogen) atoms. The lowest BCUT2D eigenvalue weighted by Crippen LogP contribution is -2.53. The van der Waals surface area contributed by atoms with E-state index in [-0.39, 0.29) is 0 Å². The van der Waals surface area contributed by atoms with Crippen LogP contribution in [0.2, 0.25) is 0 Å². The van der Waals surface area contributed by atoms with Gasteiger partial charge in [0.05, 0.1) is 11.8 Å². The summed E-state index contributed by atoms with van der Waals surface area (Å²) in [4.78, 5) is 23.4. The predicted octanol–water partition coefficient (Wildman–Crippen LogP) is 2.21. The summed E-state index contributed by atoms with van der Waals surface area (Å²) in [5.41, 5.74) is 6.74. The van der Waals surface area contributed by atoms with Crippen LogP contribution >= 0.6 is 0 Å². The second kappa shape index (κ2) is 5.42. The normalized spacial score (nSPS) is 28.5. The second-order valence-electron chi connectivity index (χ2n) is 5.28. The average molecular weight is 292 g/mol. The maximum absolute atomic E-state index is 11.7. The standard InChI is InChI=1S/C18H12O4/c19-17(20)15-13(11-7-3-1-4-8-11)16(18(21)22)14(15)12-9-5-2-6-10-12/h1-3,5,7,9,13-16H,(H,19,20)(H,21,22). The molecular formula is C18H12O4. The van der Waals surface area contributed by atoms with Gasteiger partial charge in [0.1, 0.15) is 0 Å². The number of carboxylic acid groups (broad SMARTS) is 2. The van der Waals surface area contributed by atoms with Crippen LogP contribution in [0.3, 0.4) is 0 Å². The van der Waals surface area contributed by atoms with Crippen LogP contribution in [0.25, 0.3) is 0 Å². The van der Waals surface area contributed by atoms with E-state index < -0.39 is 35.6 Å². The van der Waals surface area contributed by atoms with E-state index in [1.54, 1.807) is 36.4 Å². The van der Waals surface area contributed by atoms with Crippen molar-refractivity contribution >= 4 is 11.9 Å². The van der Waals surface area contributed by atoms with Gasteiger partial charge >= 0.3 is 11.9 Å². The molecule has 0 heterocycles. The van der Waals surface area contributed by atoms with Crippen LogP contribution in [0.4, 0.5) is 0 Å². The molecule has 0 aromatic heterocycles. The minimum atomic E-state index is -1.01. The van der Waals surface area contributed by atoms with Gasteiger partial charge in [0.15, 0.2) is 0 Å². The fourth-order valence-corrected chi connectivity index (χ4v) is 3.26. The van der Waals surface area contributed by atoms with Crippen LogP contribution in [0, 0.1) is 29.9 Å². The number of carbonyl (C=O) groups is 2. The third kappa shape index (κ3) is 2.16. The summed E-state index contributed by atoms with van der Waals surface area (Å²) in [7, 11) is 0. The lowest BCUT2D eigenvalue weighted by Gasteiger charge is -2.47. The first kappa shape index (κ1) is 14.0. The summed E-state index contributed by atoms with van der Waals surface area (Å²) in [6.45, 7) is 0. The molecule has 2 aliphatic carbocycles. The maximum atomic E-state index is 11.7. The molecule has 0 aliphatic heterocycles. The van der Waals surface area contributed by atoms with Gasteiger partial charge in [0.2, 0.25) is 0 Å². The molecule has 2 atom stereocenters. The van der Waals surface area contributed by atoms with E-state index in [0.717, 1.165) is 0 Å². The van der Waals surface area contributed by atoms with E-state index in [1.165, 1.54) is 0 Å². The van der Waals surface area contributed by atoms with Crippen LogP contribution < -0.4 is 0 Å². The van der Waals surface area contributed by atoms with E-state index >= 15 is 0 Å². The number of allylic oxidation sites excluding steroid dienone is 4. The second-order valence-corrected chi connectivity index (χ2v) is 5.28. The van der Waals surface area contributed by atoms with Crippen molar-refractivity contribution in [3.63, 3.8) is 0 Å². The molecule has 2 N–H and O–H groups in total. The van der Waals surface area contributed by atoms with Gasteiger partial charge in [-0.3, -0.25) is 9.59 Å². The van der Waals surface area contributed by atoms with Crippen LogP contribution in [0.1, 0.15) is 11.5 Å². The zero-order valence-corrected chi connectivity index (χ0v) is 11.5. The zero-order valence-electron chi connectivity index (χ0n) is 11.5. The van der Waals surface area contributed by atoms with Crippen molar-refractivity contribution in [2.24, 2.45) is 17.8 Å². The van der Waals surface area contributed by atoms with Crippen LogP contribution in [0.15, 0.2) is 53.5 Å². The average Bonchev–Trinajstić information content (AvgIpc) is 2.47. The monoisotopic (exact) mass is 292 g/mol. The molecule has 1 aromatic rings. The van der Waals surface area contributed by atoms with Crippen molar-refractivity contribution in [1.82, 2.24) is 0 Å². The predicted molar refractivity (Wildman–Crippen MR) is 76.8 cm³/mol. The van der Waals surface area contributed by atoms with Crippen molar-refractivity contribution in [2.45, 2.75) is 5.92 Å². The SMILES string of the molecule is O=C(O)C1C(C2=C=C=CC=C2)C(C(=O)O)C1c1c#cccc1. The number of hydrogen-bond acceptors (Lipinski definition) is 2. The Bertz CT molecular complexity index is 725. The van der Waals surface area contributed by atoms with Crippen LogP contribution in [-0.4, -0.2) is 22.2 Å². The van der Waals surface area contributed by atoms with E-state index in [2.05, 4.69) is 23.6 Å². The van der Waals surface area contributed by atoms with Gasteiger partial charge in [0.25, 0.3) is 0 Å². The van der Waals surface area contributed by atoms with Crippen molar-refractivity contribution < 1.29 is 19.8 Å². The first-order valence-electron chi connectivity index (χ1n) is 6.83. The van der Waals surface area contributed by atoms with E-state index in [1.807, 2.05) is 0 Å². The molecule has 2 unspecified atom stereocenters. The van der Waals surface area contributed by atoms with Gasteiger partial charge in [-0.25, -0.2) is 0 Å². The molecule has 1 saturated carbocycles. The minimum absolute atomic E-state index is 0.568. The van der Waals surface area contributed by atoms with Crippen molar-refractivity contribution in [2.75, 3.05) is 0 Å². The Morgan fingerprint density at radius 2 is 1.82 bits per heavy atom. The number of hydrogen-bond donors (Lipinski definition) is 2. The Kier molecular flexibility index (Phi) is 3.45. The molecule has 4 nitrogen and oxygen atoms in total. The molecule has 2 aliphatic rings. The lowest BCUT2D eigenvalue weighted by atomic mass is 9.52. The van der Waals surface area contributed by atoms with E-state index in [4.69, 9.17) is 0 Å². The molecule has 0 radical (unpaired) electrons. The van der Waals surface area contributed by atoms with Crippen molar-refractivity contribution in [3.8, 4) is 0 Å². The number of carboxylic acids is 2. The molecule has 3 rings (SSSR count). The first-order chi connectivity index (χ1) is 10.6. The zero-order chi connectivity index (χ0) is 15.7. The third-order valence-corrected chi connectivity index (χ3v) is 4.18. The quantitative estimate of drug-likeness (QED) is 0.834. The molecule has 0 spiro atoms. The molecule has 0 bridgehead atoms. The number of aliphatic carboxylic acids is 2. The fraction of sp³-hybridized carbons (Fsp3) is 0.222. The molecule has 0 amide bonds. The van der Waals surface area contributed by atoms with E-state index in [9.17, 15) is 19.8 Å². The van der Waals surface area contributed by atoms with Gasteiger partial charge < -0.3 is 10.2 Å². The van der Waals surface area contributed by atoms with Gasteiger partial charge in [0, 0.05) is 23.0 Å². The maximum Gasteiger partial charge on any atom is 0.307 e. The summed E-state index contributed by atoms with van der Waals surface area (Å²) >= 11 is 0. The molecular weight excluding hydrogens is 280 g/mol. The summed E-state index contributed by atoms with van der Waals surface area (Å²) in [6.07, 6.45) is 5.05. The Morgan fingerprint density at radius 3 is 2.32 bits per heavy atom. The van der Waals surface area contributed by atoms with E-state index in [0.29, 0.717) is 11.1 Å². The Hall–Kier alpha value is -2.98. The highest BCUT2D eigenvalue weighted by Crippen LogP contribution is 2.55. The highest BCUT2D eigenvalue weighted by Gasteiger charge is 2.59. The summed E-state index contributed by atoms with van der Waals surface area (Å²) in [5, 5.41) is 19.1. The molecule has 108 valence electrons. The smallest absolute Gasteiger partial charge is 0.307 e. The van der Waals surface area contributed by atoms with Crippen molar-refractivity contribution in [1.29, 1.82) is 0 Å². The largest absolute Gasteiger partial charge is 0.481 e.